The van der Waals surface area contributed by atoms with Crippen LogP contribution in [0.3, 0.4) is 0 Å². The first-order chi connectivity index (χ1) is 9.49. The summed E-state index contributed by atoms with van der Waals surface area (Å²) in [5.41, 5.74) is 0.779. The lowest BCUT2D eigenvalue weighted by atomic mass is 10.2. The van der Waals surface area contributed by atoms with E-state index in [1.54, 1.807) is 12.1 Å². The molecule has 2 rings (SSSR count). The summed E-state index contributed by atoms with van der Waals surface area (Å²) in [6.07, 6.45) is 1.51. The largest absolute Gasteiger partial charge is 0.480 e. The van der Waals surface area contributed by atoms with Gasteiger partial charge in [0.05, 0.1) is 0 Å². The number of aliphatic carboxylic acids is 1. The molecule has 2 N–H and O–H groups in total. The molecule has 108 valence electrons. The average Bonchev–Trinajstić information content (AvgIpc) is 2.46. The number of sulfonamides is 1. The van der Waals surface area contributed by atoms with Crippen LogP contribution >= 0.6 is 0 Å². The monoisotopic (exact) mass is 296 g/mol. The van der Waals surface area contributed by atoms with Crippen LogP contribution in [0.5, 0.6) is 0 Å². The van der Waals surface area contributed by atoms with Crippen LogP contribution in [0.2, 0.25) is 0 Å². The topological polar surface area (TPSA) is 86.7 Å². The van der Waals surface area contributed by atoms with Crippen molar-refractivity contribution in [1.29, 1.82) is 0 Å². The summed E-state index contributed by atoms with van der Waals surface area (Å²) in [5.74, 6) is -1.04. The number of rotatable bonds is 4. The molecule has 20 heavy (non-hydrogen) atoms. The zero-order valence-corrected chi connectivity index (χ0v) is 11.6. The van der Waals surface area contributed by atoms with E-state index >= 15 is 0 Å². The first-order valence-electron chi connectivity index (χ1n) is 6.18. The van der Waals surface area contributed by atoms with Gasteiger partial charge >= 0.3 is 5.97 Å². The minimum atomic E-state index is -3.60. The predicted molar refractivity (Wildman–Crippen MR) is 75.4 cm³/mol. The van der Waals surface area contributed by atoms with E-state index in [4.69, 9.17) is 5.11 Å². The summed E-state index contributed by atoms with van der Waals surface area (Å²) < 4.78 is 25.5. The minimum absolute atomic E-state index is 0.0587. The van der Waals surface area contributed by atoms with Gasteiger partial charge in [0, 0.05) is 25.0 Å². The Kier molecular flexibility index (Phi) is 4.53. The van der Waals surface area contributed by atoms with Gasteiger partial charge in [0.2, 0.25) is 10.0 Å². The maximum Gasteiger partial charge on any atom is 0.322 e. The molecule has 0 radical (unpaired) electrons. The highest BCUT2D eigenvalue weighted by molar-refractivity contribution is 7.92. The SMILES string of the molecule is O=C(O)[C@@H]1CN(S(=O)(=O)/C=C/c2ccccc2)CCN1. The smallest absolute Gasteiger partial charge is 0.322 e. The third-order valence-corrected chi connectivity index (χ3v) is 4.56. The fraction of sp³-hybridized carbons (Fsp3) is 0.308. The number of nitrogens with zero attached hydrogens (tertiary/aromatic N) is 1. The highest BCUT2D eigenvalue weighted by Gasteiger charge is 2.30. The van der Waals surface area contributed by atoms with Crippen molar-refractivity contribution < 1.29 is 18.3 Å². The molecule has 6 nitrogen and oxygen atoms in total. The van der Waals surface area contributed by atoms with Crippen LogP contribution in [0.4, 0.5) is 0 Å². The number of nitrogens with one attached hydrogen (secondary N) is 1. The van der Waals surface area contributed by atoms with Crippen molar-refractivity contribution >= 4 is 22.1 Å². The second-order valence-corrected chi connectivity index (χ2v) is 6.28. The van der Waals surface area contributed by atoms with Crippen molar-refractivity contribution in [1.82, 2.24) is 9.62 Å². The highest BCUT2D eigenvalue weighted by Crippen LogP contribution is 2.10. The van der Waals surface area contributed by atoms with Gasteiger partial charge < -0.3 is 10.4 Å². The molecule has 1 atom stereocenters. The van der Waals surface area contributed by atoms with Crippen LogP contribution in [0, 0.1) is 0 Å². The van der Waals surface area contributed by atoms with Crippen LogP contribution in [0.15, 0.2) is 35.7 Å². The normalized spacial score (nSPS) is 21.1. The zero-order valence-electron chi connectivity index (χ0n) is 10.8. The van der Waals surface area contributed by atoms with Gasteiger partial charge in [0.15, 0.2) is 0 Å². The van der Waals surface area contributed by atoms with E-state index in [-0.39, 0.29) is 13.1 Å². The van der Waals surface area contributed by atoms with Gasteiger partial charge in [0.25, 0.3) is 0 Å². The Hall–Kier alpha value is -1.70. The van der Waals surface area contributed by atoms with Crippen molar-refractivity contribution in [2.45, 2.75) is 6.04 Å². The average molecular weight is 296 g/mol. The number of carboxylic acids is 1. The first kappa shape index (κ1) is 14.7. The molecule has 1 aromatic carbocycles. The maximum atomic E-state index is 12.1. The molecule has 1 fully saturated rings. The lowest BCUT2D eigenvalue weighted by Crippen LogP contribution is -2.55. The molecule has 0 saturated carbocycles. The lowest BCUT2D eigenvalue weighted by molar-refractivity contribution is -0.140. The predicted octanol–water partition coefficient (Wildman–Crippen LogP) is 0.345. The van der Waals surface area contributed by atoms with E-state index in [1.807, 2.05) is 18.2 Å². The molecule has 0 aliphatic carbocycles. The summed E-state index contributed by atoms with van der Waals surface area (Å²) >= 11 is 0. The van der Waals surface area contributed by atoms with Crippen molar-refractivity contribution in [3.8, 4) is 0 Å². The first-order valence-corrected chi connectivity index (χ1v) is 7.69. The van der Waals surface area contributed by atoms with Gasteiger partial charge in [-0.3, -0.25) is 4.79 Å². The van der Waals surface area contributed by atoms with E-state index in [0.29, 0.717) is 6.54 Å². The zero-order chi connectivity index (χ0) is 14.6. The fourth-order valence-electron chi connectivity index (χ4n) is 1.93. The van der Waals surface area contributed by atoms with Gasteiger partial charge in [0.1, 0.15) is 6.04 Å². The quantitative estimate of drug-likeness (QED) is 0.837. The Labute approximate surface area is 117 Å². The van der Waals surface area contributed by atoms with Gasteiger partial charge in [-0.25, -0.2) is 8.42 Å². The number of hydrogen-bond donors (Lipinski definition) is 2. The van der Waals surface area contributed by atoms with E-state index < -0.39 is 22.0 Å². The minimum Gasteiger partial charge on any atom is -0.480 e. The molecular weight excluding hydrogens is 280 g/mol. The third-order valence-electron chi connectivity index (χ3n) is 3.03. The number of carbonyl (C=O) groups is 1. The van der Waals surface area contributed by atoms with Crippen LogP contribution in [0.1, 0.15) is 5.56 Å². The summed E-state index contributed by atoms with van der Waals surface area (Å²) in [5, 5.41) is 12.8. The number of benzene rings is 1. The number of hydrogen-bond acceptors (Lipinski definition) is 4. The lowest BCUT2D eigenvalue weighted by Gasteiger charge is -2.29. The van der Waals surface area contributed by atoms with E-state index in [2.05, 4.69) is 5.32 Å². The molecule has 1 aliphatic heterocycles. The second kappa shape index (κ2) is 6.17. The molecule has 1 aromatic rings. The Bertz CT molecular complexity index is 598. The molecule has 0 aromatic heterocycles. The van der Waals surface area contributed by atoms with Crippen LogP contribution in [0.25, 0.3) is 6.08 Å². The molecule has 0 spiro atoms. The van der Waals surface area contributed by atoms with E-state index in [1.165, 1.54) is 10.4 Å². The van der Waals surface area contributed by atoms with Crippen molar-refractivity contribution in [3.05, 3.63) is 41.3 Å². The summed E-state index contributed by atoms with van der Waals surface area (Å²) in [6, 6.07) is 8.21. The van der Waals surface area contributed by atoms with Gasteiger partial charge in [-0.2, -0.15) is 4.31 Å². The second-order valence-electron chi connectivity index (χ2n) is 4.46. The van der Waals surface area contributed by atoms with Gasteiger partial charge in [-0.05, 0) is 11.6 Å². The van der Waals surface area contributed by atoms with Crippen molar-refractivity contribution in [3.63, 3.8) is 0 Å². The van der Waals surface area contributed by atoms with Crippen molar-refractivity contribution in [2.75, 3.05) is 19.6 Å². The molecule has 0 bridgehead atoms. The molecule has 1 heterocycles. The van der Waals surface area contributed by atoms with Crippen LogP contribution in [-0.4, -0.2) is 49.5 Å². The molecule has 7 heteroatoms. The number of piperazine rings is 1. The Morgan fingerprint density at radius 1 is 1.35 bits per heavy atom. The third kappa shape index (κ3) is 3.66. The fourth-order valence-corrected chi connectivity index (χ4v) is 3.14. The standard InChI is InChI=1S/C13H16N2O4S/c16-13(17)12-10-15(8-7-14-12)20(18,19)9-6-11-4-2-1-3-5-11/h1-6,9,12,14H,7-8,10H2,(H,16,17)/b9-6+/t12-/m0/s1. The molecule has 0 amide bonds. The molecule has 1 saturated heterocycles. The Balaban J connectivity index is 2.10. The summed E-state index contributed by atoms with van der Waals surface area (Å²) in [6.45, 7) is 0.539. The summed E-state index contributed by atoms with van der Waals surface area (Å²) in [7, 11) is -3.60. The Morgan fingerprint density at radius 2 is 2.05 bits per heavy atom. The van der Waals surface area contributed by atoms with Gasteiger partial charge in [-0.1, -0.05) is 30.3 Å². The van der Waals surface area contributed by atoms with Crippen LogP contribution in [-0.2, 0) is 14.8 Å². The Morgan fingerprint density at radius 3 is 2.70 bits per heavy atom. The highest BCUT2D eigenvalue weighted by atomic mass is 32.2. The summed E-state index contributed by atoms with van der Waals surface area (Å²) in [4.78, 5) is 10.9. The van der Waals surface area contributed by atoms with E-state index in [9.17, 15) is 13.2 Å². The number of carboxylic acid groups (broad SMARTS) is 1. The molecular formula is C13H16N2O4S. The van der Waals surface area contributed by atoms with Crippen molar-refractivity contribution in [2.24, 2.45) is 0 Å². The maximum absolute atomic E-state index is 12.1. The van der Waals surface area contributed by atoms with Crippen LogP contribution < -0.4 is 5.32 Å². The molecule has 0 unspecified atom stereocenters. The van der Waals surface area contributed by atoms with Gasteiger partial charge in [-0.15, -0.1) is 0 Å². The molecule has 1 aliphatic rings. The van der Waals surface area contributed by atoms with E-state index in [0.717, 1.165) is 11.0 Å².